The number of anilines is 1. The highest BCUT2D eigenvalue weighted by atomic mass is 79.9. The van der Waals surface area contributed by atoms with Crippen LogP contribution in [0.3, 0.4) is 0 Å². The SMILES string of the molecule is COc1ccc(Br)c(CNc2ncn[nH]2)c1OCc1ccc(Cl)cc1Cl. The molecule has 0 bridgehead atoms. The van der Waals surface area contributed by atoms with Gasteiger partial charge in [-0.15, -0.1) is 0 Å². The first kappa shape index (κ1) is 18.8. The van der Waals surface area contributed by atoms with Crippen molar-refractivity contribution in [2.24, 2.45) is 0 Å². The summed E-state index contributed by atoms with van der Waals surface area (Å²) in [5, 5.41) is 10.9. The van der Waals surface area contributed by atoms with Gasteiger partial charge in [-0.25, -0.2) is 10.1 Å². The first-order valence-electron chi connectivity index (χ1n) is 7.60. The molecular weight excluding hydrogens is 443 g/mol. The summed E-state index contributed by atoms with van der Waals surface area (Å²) in [6.45, 7) is 0.731. The third-order valence-corrected chi connectivity index (χ3v) is 4.95. The number of hydrogen-bond acceptors (Lipinski definition) is 5. The Hall–Kier alpha value is -1.96. The summed E-state index contributed by atoms with van der Waals surface area (Å²) in [6.07, 6.45) is 1.43. The van der Waals surface area contributed by atoms with Crippen molar-refractivity contribution in [3.05, 3.63) is 62.3 Å². The van der Waals surface area contributed by atoms with Gasteiger partial charge in [0.25, 0.3) is 0 Å². The third kappa shape index (κ3) is 4.41. The van der Waals surface area contributed by atoms with Gasteiger partial charge >= 0.3 is 0 Å². The van der Waals surface area contributed by atoms with E-state index in [1.807, 2.05) is 18.2 Å². The van der Waals surface area contributed by atoms with E-state index in [0.717, 1.165) is 15.6 Å². The second-order valence-corrected chi connectivity index (χ2v) is 6.97. The maximum atomic E-state index is 6.23. The van der Waals surface area contributed by atoms with E-state index in [1.165, 1.54) is 6.33 Å². The van der Waals surface area contributed by atoms with E-state index in [0.29, 0.717) is 34.0 Å². The minimum atomic E-state index is 0.276. The highest BCUT2D eigenvalue weighted by molar-refractivity contribution is 9.10. The number of aromatic amines is 1. The molecule has 9 heteroatoms. The maximum Gasteiger partial charge on any atom is 0.218 e. The minimum Gasteiger partial charge on any atom is -0.493 e. The average Bonchev–Trinajstić information content (AvgIpc) is 3.14. The Labute approximate surface area is 169 Å². The first-order valence-corrected chi connectivity index (χ1v) is 9.14. The fraction of sp³-hybridized carbons (Fsp3) is 0.176. The molecule has 0 fully saturated rings. The van der Waals surface area contributed by atoms with Gasteiger partial charge in [0.05, 0.1) is 7.11 Å². The van der Waals surface area contributed by atoms with Crippen molar-refractivity contribution in [3.8, 4) is 11.5 Å². The van der Waals surface area contributed by atoms with Crippen LogP contribution in [0, 0.1) is 0 Å². The maximum absolute atomic E-state index is 6.23. The predicted octanol–water partition coefficient (Wildman–Crippen LogP) is 5.07. The monoisotopic (exact) mass is 456 g/mol. The van der Waals surface area contributed by atoms with Crippen LogP contribution in [0.1, 0.15) is 11.1 Å². The molecule has 136 valence electrons. The lowest BCUT2D eigenvalue weighted by Gasteiger charge is -2.17. The molecule has 0 unspecified atom stereocenters. The van der Waals surface area contributed by atoms with Crippen LogP contribution in [-0.2, 0) is 13.2 Å². The van der Waals surface area contributed by atoms with E-state index in [-0.39, 0.29) is 6.61 Å². The largest absolute Gasteiger partial charge is 0.493 e. The molecule has 0 aliphatic heterocycles. The molecule has 1 heterocycles. The van der Waals surface area contributed by atoms with Crippen molar-refractivity contribution in [1.82, 2.24) is 15.2 Å². The molecular formula is C17H15BrCl2N4O2. The van der Waals surface area contributed by atoms with Gasteiger partial charge in [0.2, 0.25) is 5.95 Å². The molecule has 0 saturated heterocycles. The Morgan fingerprint density at radius 2 is 2.08 bits per heavy atom. The summed E-state index contributed by atoms with van der Waals surface area (Å²) in [4.78, 5) is 4.05. The molecule has 26 heavy (non-hydrogen) atoms. The number of aromatic nitrogens is 3. The summed E-state index contributed by atoms with van der Waals surface area (Å²) in [7, 11) is 1.60. The molecule has 6 nitrogen and oxygen atoms in total. The van der Waals surface area contributed by atoms with Crippen LogP contribution in [0.5, 0.6) is 11.5 Å². The van der Waals surface area contributed by atoms with E-state index in [9.17, 15) is 0 Å². The molecule has 2 N–H and O–H groups in total. The Balaban J connectivity index is 1.84. The summed E-state index contributed by atoms with van der Waals surface area (Å²) in [5.41, 5.74) is 1.71. The third-order valence-electron chi connectivity index (χ3n) is 3.62. The van der Waals surface area contributed by atoms with Crippen molar-refractivity contribution >= 4 is 45.1 Å². The van der Waals surface area contributed by atoms with Gasteiger partial charge in [0.15, 0.2) is 11.5 Å². The summed E-state index contributed by atoms with van der Waals surface area (Å²) in [5.74, 6) is 1.79. The van der Waals surface area contributed by atoms with Crippen molar-refractivity contribution in [3.63, 3.8) is 0 Å². The van der Waals surface area contributed by atoms with Crippen molar-refractivity contribution in [1.29, 1.82) is 0 Å². The van der Waals surface area contributed by atoms with Gasteiger partial charge in [-0.1, -0.05) is 45.2 Å². The smallest absolute Gasteiger partial charge is 0.218 e. The zero-order valence-electron chi connectivity index (χ0n) is 13.7. The number of nitrogens with zero attached hydrogens (tertiary/aromatic N) is 2. The predicted molar refractivity (Wildman–Crippen MR) is 105 cm³/mol. The molecule has 1 aromatic heterocycles. The Morgan fingerprint density at radius 1 is 1.23 bits per heavy atom. The van der Waals surface area contributed by atoms with Crippen LogP contribution in [0.15, 0.2) is 41.1 Å². The van der Waals surface area contributed by atoms with Gasteiger partial charge in [-0.3, -0.25) is 0 Å². The quantitative estimate of drug-likeness (QED) is 0.517. The van der Waals surface area contributed by atoms with E-state index in [4.69, 9.17) is 32.7 Å². The second-order valence-electron chi connectivity index (χ2n) is 5.27. The molecule has 3 aromatic rings. The van der Waals surface area contributed by atoms with Crippen molar-refractivity contribution in [2.75, 3.05) is 12.4 Å². The Bertz CT molecular complexity index is 891. The fourth-order valence-corrected chi connectivity index (χ4v) is 3.23. The number of halogens is 3. The van der Waals surface area contributed by atoms with Gasteiger partial charge in [0.1, 0.15) is 12.9 Å². The lowest BCUT2D eigenvalue weighted by molar-refractivity contribution is 0.281. The zero-order valence-corrected chi connectivity index (χ0v) is 16.8. The number of methoxy groups -OCH3 is 1. The van der Waals surface area contributed by atoms with E-state index in [2.05, 4.69) is 36.4 Å². The van der Waals surface area contributed by atoms with Crippen LogP contribution in [0.2, 0.25) is 10.0 Å². The molecule has 0 saturated carbocycles. The molecule has 2 aromatic carbocycles. The standard InChI is InChI=1S/C17H15BrCl2N4O2/c1-25-15-5-4-13(18)12(7-21-17-22-9-23-24-17)16(15)26-8-10-2-3-11(19)6-14(10)20/h2-6,9H,7-8H2,1H3,(H2,21,22,23,24). The number of nitrogens with one attached hydrogen (secondary N) is 2. The van der Waals surface area contributed by atoms with Gasteiger partial charge in [-0.05, 0) is 24.3 Å². The topological polar surface area (TPSA) is 72.1 Å². The fourth-order valence-electron chi connectivity index (χ4n) is 2.32. The lowest BCUT2D eigenvalue weighted by atomic mass is 10.1. The summed E-state index contributed by atoms with van der Waals surface area (Å²) < 4.78 is 12.4. The number of hydrogen-bond donors (Lipinski definition) is 2. The average molecular weight is 458 g/mol. The highest BCUT2D eigenvalue weighted by Crippen LogP contribution is 2.37. The molecule has 0 aliphatic carbocycles. The van der Waals surface area contributed by atoms with Crippen LogP contribution in [-0.4, -0.2) is 22.3 Å². The molecule has 0 spiro atoms. The number of H-pyrrole nitrogens is 1. The minimum absolute atomic E-state index is 0.276. The van der Waals surface area contributed by atoms with Crippen molar-refractivity contribution < 1.29 is 9.47 Å². The molecule has 0 aliphatic rings. The number of ether oxygens (including phenoxy) is 2. The number of rotatable bonds is 7. The second kappa shape index (κ2) is 8.62. The molecule has 0 radical (unpaired) electrons. The normalized spacial score (nSPS) is 10.6. The van der Waals surface area contributed by atoms with Crippen LogP contribution in [0.25, 0.3) is 0 Å². The first-order chi connectivity index (χ1) is 12.6. The summed E-state index contributed by atoms with van der Waals surface area (Å²) in [6, 6.07) is 9.03. The molecule has 0 amide bonds. The van der Waals surface area contributed by atoms with E-state index in [1.54, 1.807) is 19.2 Å². The Kier molecular flexibility index (Phi) is 6.24. The zero-order chi connectivity index (χ0) is 18.5. The van der Waals surface area contributed by atoms with Crippen LogP contribution >= 0.6 is 39.1 Å². The molecule has 0 atom stereocenters. The van der Waals surface area contributed by atoms with Crippen molar-refractivity contribution in [2.45, 2.75) is 13.2 Å². The van der Waals surface area contributed by atoms with Crippen LogP contribution in [0.4, 0.5) is 5.95 Å². The van der Waals surface area contributed by atoms with Crippen LogP contribution < -0.4 is 14.8 Å². The van der Waals surface area contributed by atoms with Gasteiger partial charge < -0.3 is 14.8 Å². The number of benzene rings is 2. The van der Waals surface area contributed by atoms with E-state index < -0.39 is 0 Å². The van der Waals surface area contributed by atoms with Gasteiger partial charge in [0, 0.05) is 32.2 Å². The molecule has 3 rings (SSSR count). The highest BCUT2D eigenvalue weighted by Gasteiger charge is 2.16. The summed E-state index contributed by atoms with van der Waals surface area (Å²) >= 11 is 15.7. The van der Waals surface area contributed by atoms with Gasteiger partial charge in [-0.2, -0.15) is 5.10 Å². The van der Waals surface area contributed by atoms with E-state index >= 15 is 0 Å². The lowest BCUT2D eigenvalue weighted by Crippen LogP contribution is -2.07. The Morgan fingerprint density at radius 3 is 2.77 bits per heavy atom.